The lowest BCUT2D eigenvalue weighted by Crippen LogP contribution is -2.50. The number of hydrogen-bond acceptors (Lipinski definition) is 5. The van der Waals surface area contributed by atoms with Gasteiger partial charge in [0.1, 0.15) is 28.5 Å². The number of hydrogen-bond donors (Lipinski definition) is 1. The van der Waals surface area contributed by atoms with Crippen LogP contribution in [0.15, 0.2) is 29.2 Å². The van der Waals surface area contributed by atoms with Crippen LogP contribution in [0.1, 0.15) is 25.8 Å². The number of benzene rings is 1. The highest BCUT2D eigenvalue weighted by Crippen LogP contribution is 2.36. The summed E-state index contributed by atoms with van der Waals surface area (Å²) in [6.07, 6.45) is 0.193. The molecule has 1 aromatic carbocycles. The van der Waals surface area contributed by atoms with Gasteiger partial charge in [-0.25, -0.2) is 18.2 Å². The topological polar surface area (TPSA) is 31.4 Å². The zero-order chi connectivity index (χ0) is 22.5. The summed E-state index contributed by atoms with van der Waals surface area (Å²) < 4.78 is 58.4. The molecule has 0 radical (unpaired) electrons. The number of aromatic nitrogens is 1. The molecule has 4 rings (SSSR count). The quantitative estimate of drug-likeness (QED) is 0.356. The summed E-state index contributed by atoms with van der Waals surface area (Å²) in [4.78, 5) is 7.52. The van der Waals surface area contributed by atoms with Gasteiger partial charge >= 0.3 is 0 Å². The lowest BCUT2D eigenvalue weighted by atomic mass is 10.1. The van der Waals surface area contributed by atoms with E-state index in [4.69, 9.17) is 0 Å². The Balaban J connectivity index is 0.00000132. The van der Waals surface area contributed by atoms with Crippen LogP contribution in [0.4, 0.5) is 29.1 Å². The zero-order valence-electron chi connectivity index (χ0n) is 18.0. The molecule has 0 bridgehead atoms. The molecule has 2 saturated heterocycles. The summed E-state index contributed by atoms with van der Waals surface area (Å²) >= 11 is 0.731. The van der Waals surface area contributed by atoms with Crippen molar-refractivity contribution in [2.75, 3.05) is 42.3 Å². The van der Waals surface area contributed by atoms with E-state index in [9.17, 15) is 17.6 Å². The molecule has 9 heteroatoms. The molecule has 0 aliphatic carbocycles. The van der Waals surface area contributed by atoms with Gasteiger partial charge in [-0.2, -0.15) is 4.39 Å². The maximum absolute atomic E-state index is 14.9. The molecule has 0 saturated carbocycles. The van der Waals surface area contributed by atoms with Gasteiger partial charge in [-0.1, -0.05) is 19.9 Å². The van der Waals surface area contributed by atoms with Crippen LogP contribution in [0, 0.1) is 30.4 Å². The van der Waals surface area contributed by atoms with Crippen LogP contribution in [-0.2, 0) is 0 Å². The fraction of sp³-hybridized carbons (Fsp3) is 0.500. The van der Waals surface area contributed by atoms with Crippen molar-refractivity contribution in [3.8, 4) is 0 Å². The maximum Gasteiger partial charge on any atom is 0.214 e. The molecule has 2 aromatic rings. The van der Waals surface area contributed by atoms with Crippen LogP contribution in [0.2, 0.25) is 0 Å². The van der Waals surface area contributed by atoms with Crippen molar-refractivity contribution < 1.29 is 17.6 Å². The number of nitrogens with zero attached hydrogens (tertiary/aromatic N) is 3. The fourth-order valence-corrected chi connectivity index (χ4v) is 4.61. The summed E-state index contributed by atoms with van der Waals surface area (Å²) in [5.41, 5.74) is 0.916. The monoisotopic (exact) mass is 456 g/mol. The van der Waals surface area contributed by atoms with E-state index in [0.29, 0.717) is 36.8 Å². The Bertz CT molecular complexity index is 892. The second kappa shape index (κ2) is 10.5. The smallest absolute Gasteiger partial charge is 0.214 e. The van der Waals surface area contributed by atoms with Crippen LogP contribution in [-0.4, -0.2) is 48.8 Å². The third-order valence-electron chi connectivity index (χ3n) is 5.42. The predicted octanol–water partition coefficient (Wildman–Crippen LogP) is 5.43. The second-order valence-electron chi connectivity index (χ2n) is 7.61. The number of anilines is 2. The molecule has 170 valence electrons. The number of rotatable bonds is 6. The summed E-state index contributed by atoms with van der Waals surface area (Å²) in [6, 6.07) is 5.52. The number of nitrogens with one attached hydrogen (secondary N) is 1. The van der Waals surface area contributed by atoms with Gasteiger partial charge in [0.2, 0.25) is 5.95 Å². The van der Waals surface area contributed by atoms with Crippen LogP contribution >= 0.6 is 11.9 Å². The van der Waals surface area contributed by atoms with Crippen molar-refractivity contribution in [1.82, 2.24) is 9.88 Å². The Morgan fingerprint density at radius 3 is 2.58 bits per heavy atom. The molecule has 0 unspecified atom stereocenters. The lowest BCUT2D eigenvalue weighted by molar-refractivity contribution is 0.0542. The Hall–Kier alpha value is -2.00. The average molecular weight is 457 g/mol. The van der Waals surface area contributed by atoms with E-state index in [1.54, 1.807) is 6.92 Å². The summed E-state index contributed by atoms with van der Waals surface area (Å²) in [5, 5.41) is 0. The molecule has 1 aromatic heterocycles. The normalized spacial score (nSPS) is 19.1. The van der Waals surface area contributed by atoms with Crippen molar-refractivity contribution in [2.24, 2.45) is 5.92 Å². The minimum atomic E-state index is -0.723. The van der Waals surface area contributed by atoms with Crippen LogP contribution in [0.5, 0.6) is 0 Å². The largest absolute Gasteiger partial charge is 0.371 e. The van der Waals surface area contributed by atoms with Gasteiger partial charge < -0.3 is 9.62 Å². The van der Waals surface area contributed by atoms with Crippen molar-refractivity contribution in [2.45, 2.75) is 38.3 Å². The van der Waals surface area contributed by atoms with Crippen molar-refractivity contribution in [3.05, 3.63) is 47.4 Å². The number of pyridine rings is 1. The van der Waals surface area contributed by atoms with Gasteiger partial charge in [0.15, 0.2) is 0 Å². The fourth-order valence-electron chi connectivity index (χ4n) is 3.89. The molecule has 0 amide bonds. The zero-order valence-corrected chi connectivity index (χ0v) is 18.8. The van der Waals surface area contributed by atoms with E-state index < -0.39 is 23.8 Å². The first-order chi connectivity index (χ1) is 14.9. The lowest BCUT2D eigenvalue weighted by Gasteiger charge is -2.36. The van der Waals surface area contributed by atoms with E-state index in [1.165, 1.54) is 24.3 Å². The highest BCUT2D eigenvalue weighted by Gasteiger charge is 2.32. The van der Waals surface area contributed by atoms with E-state index >= 15 is 0 Å². The Morgan fingerprint density at radius 2 is 1.90 bits per heavy atom. The minimum absolute atomic E-state index is 0.178. The number of halogens is 4. The first-order valence-corrected chi connectivity index (χ1v) is 11.4. The highest BCUT2D eigenvalue weighted by atomic mass is 32.2. The predicted molar refractivity (Wildman–Crippen MR) is 118 cm³/mol. The van der Waals surface area contributed by atoms with Crippen molar-refractivity contribution >= 4 is 23.5 Å². The molecule has 2 aliphatic rings. The molecular weight excluding hydrogens is 428 g/mol. The van der Waals surface area contributed by atoms with Gasteiger partial charge in [0.05, 0.1) is 0 Å². The van der Waals surface area contributed by atoms with Gasteiger partial charge in [-0.15, -0.1) is 0 Å². The van der Waals surface area contributed by atoms with E-state index in [-0.39, 0.29) is 10.7 Å². The van der Waals surface area contributed by atoms with Crippen molar-refractivity contribution in [1.29, 1.82) is 0 Å². The van der Waals surface area contributed by atoms with E-state index in [2.05, 4.69) is 14.6 Å². The Kier molecular flexibility index (Phi) is 8.05. The SMILES string of the molecule is CC.Cc1c(N2CC[C@@H](CN3CC(F)C3)C2)cc(F)c(SNc2cccc(F)n2)c1F. The standard InChI is InChI=1S/C20H22F4N4S.C2H6/c1-12-16(28-6-5-13(9-28)8-27-10-14(21)11-27)7-15(22)20(19(12)24)29-26-18-4-2-3-17(23)25-18;1-2/h2-4,7,13-14H,5-6,8-11H2,1H3,(H,25,26);1-2H3/t13-;/m0./s1. The maximum atomic E-state index is 14.9. The second-order valence-corrected chi connectivity index (χ2v) is 8.43. The van der Waals surface area contributed by atoms with Gasteiger partial charge in [-0.05, 0) is 49.4 Å². The Labute approximate surface area is 185 Å². The van der Waals surface area contributed by atoms with Crippen molar-refractivity contribution in [3.63, 3.8) is 0 Å². The summed E-state index contributed by atoms with van der Waals surface area (Å²) in [6.45, 7) is 8.83. The molecule has 1 N–H and O–H groups in total. The molecule has 31 heavy (non-hydrogen) atoms. The third kappa shape index (κ3) is 5.63. The molecule has 3 heterocycles. The van der Waals surface area contributed by atoms with E-state index in [0.717, 1.165) is 31.5 Å². The van der Waals surface area contributed by atoms with Crippen LogP contribution in [0.3, 0.4) is 0 Å². The molecule has 0 spiro atoms. The van der Waals surface area contributed by atoms with Crippen LogP contribution < -0.4 is 9.62 Å². The highest BCUT2D eigenvalue weighted by molar-refractivity contribution is 8.00. The molecular formula is C22H28F4N4S. The molecule has 4 nitrogen and oxygen atoms in total. The molecule has 2 aliphatic heterocycles. The minimum Gasteiger partial charge on any atom is -0.371 e. The summed E-state index contributed by atoms with van der Waals surface area (Å²) in [5.74, 6) is -1.45. The average Bonchev–Trinajstić information content (AvgIpc) is 3.19. The van der Waals surface area contributed by atoms with Gasteiger partial charge in [0.25, 0.3) is 0 Å². The van der Waals surface area contributed by atoms with Crippen LogP contribution in [0.25, 0.3) is 0 Å². The first-order valence-electron chi connectivity index (χ1n) is 10.6. The van der Waals surface area contributed by atoms with E-state index in [1.807, 2.05) is 18.7 Å². The Morgan fingerprint density at radius 1 is 1.16 bits per heavy atom. The molecule has 1 atom stereocenters. The third-order valence-corrected chi connectivity index (χ3v) is 6.31. The number of alkyl halides is 1. The number of likely N-dealkylation sites (tertiary alicyclic amines) is 1. The van der Waals surface area contributed by atoms with Gasteiger partial charge in [0, 0.05) is 44.0 Å². The first kappa shape index (κ1) is 23.7. The molecule has 2 fully saturated rings. The summed E-state index contributed by atoms with van der Waals surface area (Å²) in [7, 11) is 0. The van der Waals surface area contributed by atoms with Gasteiger partial charge in [-0.3, -0.25) is 4.90 Å².